The summed E-state index contributed by atoms with van der Waals surface area (Å²) in [5, 5.41) is 0.527. The first kappa shape index (κ1) is 11.4. The summed E-state index contributed by atoms with van der Waals surface area (Å²) in [6, 6.07) is 5.71. The second-order valence-corrected chi connectivity index (χ2v) is 5.36. The van der Waals surface area contributed by atoms with Gasteiger partial charge in [0.15, 0.2) is 5.13 Å². The molecule has 1 saturated heterocycles. The fraction of sp³-hybridized carbons (Fsp3) is 0.333. The monoisotopic (exact) mass is 264 g/mol. The predicted octanol–water partition coefficient (Wildman–Crippen LogP) is 1.32. The van der Waals surface area contributed by atoms with Crippen molar-refractivity contribution in [3.63, 3.8) is 0 Å². The summed E-state index contributed by atoms with van der Waals surface area (Å²) in [7, 11) is 1.39. The maximum Gasteiger partial charge on any atom is 0.321 e. The number of esters is 1. The summed E-state index contributed by atoms with van der Waals surface area (Å²) in [6.45, 7) is 0.721. The second-order valence-electron chi connectivity index (χ2n) is 4.30. The van der Waals surface area contributed by atoms with Gasteiger partial charge in [0, 0.05) is 0 Å². The minimum absolute atomic E-state index is 0.259. The van der Waals surface area contributed by atoms with Crippen LogP contribution in [0.4, 0.5) is 5.13 Å². The Hall–Kier alpha value is -1.66. The molecule has 0 atom stereocenters. The number of nitrogens with zero attached hydrogens (tertiary/aromatic N) is 1. The highest BCUT2D eigenvalue weighted by Crippen LogP contribution is 2.36. The molecule has 0 amide bonds. The van der Waals surface area contributed by atoms with E-state index in [-0.39, 0.29) is 5.97 Å². The molecule has 1 aromatic heterocycles. The van der Waals surface area contributed by atoms with Gasteiger partial charge in [-0.2, -0.15) is 0 Å². The van der Waals surface area contributed by atoms with Gasteiger partial charge >= 0.3 is 5.97 Å². The van der Waals surface area contributed by atoms with E-state index in [0.29, 0.717) is 18.3 Å². The maximum atomic E-state index is 11.9. The van der Waals surface area contributed by atoms with E-state index in [4.69, 9.17) is 15.2 Å². The molecule has 2 N–H and O–H groups in total. The highest BCUT2D eigenvalue weighted by atomic mass is 32.1. The number of aromatic nitrogens is 1. The van der Waals surface area contributed by atoms with Crippen LogP contribution in [0.3, 0.4) is 0 Å². The first-order valence-electron chi connectivity index (χ1n) is 5.48. The second kappa shape index (κ2) is 3.93. The number of ether oxygens (including phenoxy) is 2. The molecule has 0 aliphatic carbocycles. The lowest BCUT2D eigenvalue weighted by atomic mass is 9.78. The molecule has 1 aromatic carbocycles. The zero-order chi connectivity index (χ0) is 12.8. The molecular weight excluding hydrogens is 252 g/mol. The average Bonchev–Trinajstić information content (AvgIpc) is 2.66. The van der Waals surface area contributed by atoms with Crippen LogP contribution in [0.2, 0.25) is 0 Å². The molecule has 0 bridgehead atoms. The first-order valence-corrected chi connectivity index (χ1v) is 6.30. The van der Waals surface area contributed by atoms with Gasteiger partial charge in [0.2, 0.25) is 0 Å². The molecule has 94 valence electrons. The van der Waals surface area contributed by atoms with Crippen molar-refractivity contribution in [3.05, 3.63) is 23.8 Å². The Morgan fingerprint density at radius 2 is 2.33 bits per heavy atom. The van der Waals surface area contributed by atoms with Crippen LogP contribution in [0.25, 0.3) is 10.2 Å². The number of hydrogen-bond donors (Lipinski definition) is 1. The molecule has 1 aliphatic heterocycles. The third-order valence-electron chi connectivity index (χ3n) is 3.23. The van der Waals surface area contributed by atoms with Crippen LogP contribution in [0, 0.1) is 0 Å². The molecule has 1 fully saturated rings. The van der Waals surface area contributed by atoms with Gasteiger partial charge < -0.3 is 15.2 Å². The molecule has 0 unspecified atom stereocenters. The van der Waals surface area contributed by atoms with E-state index in [9.17, 15) is 4.79 Å². The van der Waals surface area contributed by atoms with E-state index in [1.807, 2.05) is 18.2 Å². The predicted molar refractivity (Wildman–Crippen MR) is 68.5 cm³/mol. The third-order valence-corrected chi connectivity index (χ3v) is 4.08. The van der Waals surface area contributed by atoms with E-state index >= 15 is 0 Å². The number of carbonyl (C=O) groups excluding carboxylic acids is 1. The molecule has 5 nitrogen and oxygen atoms in total. The molecule has 18 heavy (non-hydrogen) atoms. The number of nitrogen functional groups attached to an aromatic ring is 1. The number of rotatable bonds is 2. The minimum atomic E-state index is -0.665. The highest BCUT2D eigenvalue weighted by molar-refractivity contribution is 7.22. The molecule has 1 aliphatic rings. The third kappa shape index (κ3) is 1.49. The van der Waals surface area contributed by atoms with Crippen LogP contribution < -0.4 is 5.73 Å². The Bertz CT molecular complexity index is 619. The van der Waals surface area contributed by atoms with Crippen LogP contribution in [0.15, 0.2) is 18.2 Å². The topological polar surface area (TPSA) is 74.4 Å². The molecule has 0 radical (unpaired) electrons. The zero-order valence-electron chi connectivity index (χ0n) is 9.80. The summed E-state index contributed by atoms with van der Waals surface area (Å²) in [6.07, 6.45) is 0. The van der Waals surface area contributed by atoms with Gasteiger partial charge in [-0.15, -0.1) is 0 Å². The van der Waals surface area contributed by atoms with Crippen molar-refractivity contribution in [1.29, 1.82) is 0 Å². The fourth-order valence-electron chi connectivity index (χ4n) is 2.14. The van der Waals surface area contributed by atoms with Crippen LogP contribution >= 0.6 is 11.3 Å². The molecule has 2 aromatic rings. The van der Waals surface area contributed by atoms with Gasteiger partial charge in [0.1, 0.15) is 5.41 Å². The quantitative estimate of drug-likeness (QED) is 0.828. The molecule has 6 heteroatoms. The largest absolute Gasteiger partial charge is 0.468 e. The van der Waals surface area contributed by atoms with Gasteiger partial charge in [0.05, 0.1) is 30.5 Å². The van der Waals surface area contributed by atoms with Gasteiger partial charge in [-0.3, -0.25) is 4.79 Å². The number of methoxy groups -OCH3 is 1. The normalized spacial score (nSPS) is 17.4. The Kier molecular flexibility index (Phi) is 2.49. The number of benzene rings is 1. The van der Waals surface area contributed by atoms with Crippen molar-refractivity contribution < 1.29 is 14.3 Å². The lowest BCUT2D eigenvalue weighted by Crippen LogP contribution is -2.53. The van der Waals surface area contributed by atoms with Gasteiger partial charge in [-0.25, -0.2) is 4.98 Å². The van der Waals surface area contributed by atoms with Gasteiger partial charge in [-0.1, -0.05) is 17.4 Å². The summed E-state index contributed by atoms with van der Waals surface area (Å²) in [4.78, 5) is 16.1. The van der Waals surface area contributed by atoms with Crippen LogP contribution in [-0.4, -0.2) is 31.3 Å². The summed E-state index contributed by atoms with van der Waals surface area (Å²) in [5.74, 6) is -0.259. The smallest absolute Gasteiger partial charge is 0.321 e. The van der Waals surface area contributed by atoms with Crippen molar-refractivity contribution in [2.75, 3.05) is 26.1 Å². The molecule has 0 spiro atoms. The maximum absolute atomic E-state index is 11.9. The number of fused-ring (bicyclic) bond motifs is 1. The number of hydrogen-bond acceptors (Lipinski definition) is 6. The fourth-order valence-corrected chi connectivity index (χ4v) is 2.92. The molecule has 2 heterocycles. The van der Waals surface area contributed by atoms with Crippen molar-refractivity contribution >= 4 is 32.7 Å². The Morgan fingerprint density at radius 3 is 2.94 bits per heavy atom. The summed E-state index contributed by atoms with van der Waals surface area (Å²) in [5.41, 5.74) is 6.76. The lowest BCUT2D eigenvalue weighted by molar-refractivity contribution is -0.166. The van der Waals surface area contributed by atoms with Crippen molar-refractivity contribution in [2.24, 2.45) is 0 Å². The summed E-state index contributed by atoms with van der Waals surface area (Å²) >= 11 is 1.41. The average molecular weight is 264 g/mol. The number of thiazole rings is 1. The van der Waals surface area contributed by atoms with Crippen LogP contribution in [0.5, 0.6) is 0 Å². The Morgan fingerprint density at radius 1 is 1.56 bits per heavy atom. The van der Waals surface area contributed by atoms with Crippen molar-refractivity contribution in [3.8, 4) is 0 Å². The standard InChI is InChI=1S/C12H12N2O3S/c1-16-10(15)12(5-17-6-12)7-2-3-8-9(4-7)18-11(13)14-8/h2-4H,5-6H2,1H3,(H2,13,14). The number of anilines is 1. The van der Waals surface area contributed by atoms with Gasteiger partial charge in [0.25, 0.3) is 0 Å². The SMILES string of the molecule is COC(=O)C1(c2ccc3nc(N)sc3c2)COC1. The van der Waals surface area contributed by atoms with Crippen LogP contribution in [0.1, 0.15) is 5.56 Å². The number of carbonyl (C=O) groups is 1. The lowest BCUT2D eigenvalue weighted by Gasteiger charge is -2.38. The van der Waals surface area contributed by atoms with Gasteiger partial charge in [-0.05, 0) is 17.7 Å². The Labute approximate surface area is 108 Å². The zero-order valence-corrected chi connectivity index (χ0v) is 10.6. The minimum Gasteiger partial charge on any atom is -0.468 e. The Balaban J connectivity index is 2.10. The molecular formula is C12H12N2O3S. The molecule has 0 saturated carbocycles. The van der Waals surface area contributed by atoms with E-state index in [2.05, 4.69) is 4.98 Å². The molecule has 3 rings (SSSR count). The van der Waals surface area contributed by atoms with E-state index in [1.165, 1.54) is 18.4 Å². The highest BCUT2D eigenvalue weighted by Gasteiger charge is 2.48. The van der Waals surface area contributed by atoms with E-state index < -0.39 is 5.41 Å². The van der Waals surface area contributed by atoms with Crippen molar-refractivity contribution in [2.45, 2.75) is 5.41 Å². The first-order chi connectivity index (χ1) is 8.65. The number of nitrogens with two attached hydrogens (primary N) is 1. The summed E-state index contributed by atoms with van der Waals surface area (Å²) < 4.78 is 11.0. The van der Waals surface area contributed by atoms with Crippen LogP contribution in [-0.2, 0) is 19.7 Å². The van der Waals surface area contributed by atoms with Crippen molar-refractivity contribution in [1.82, 2.24) is 4.98 Å². The van der Waals surface area contributed by atoms with E-state index in [1.54, 1.807) is 0 Å². The van der Waals surface area contributed by atoms with E-state index in [0.717, 1.165) is 15.8 Å².